The minimum absolute atomic E-state index is 0.109. The van der Waals surface area contributed by atoms with Crippen molar-refractivity contribution in [3.63, 3.8) is 0 Å². The molecule has 0 amide bonds. The third-order valence-electron chi connectivity index (χ3n) is 2.60. The Labute approximate surface area is 100 Å². The molecule has 1 aliphatic rings. The Morgan fingerprint density at radius 2 is 1.86 bits per heavy atom. The first-order chi connectivity index (χ1) is 6.67. The van der Waals surface area contributed by atoms with Crippen molar-refractivity contribution in [2.24, 2.45) is 0 Å². The predicted molar refractivity (Wildman–Crippen MR) is 67.3 cm³/mol. The van der Waals surface area contributed by atoms with Crippen LogP contribution in [0.25, 0.3) is 0 Å². The zero-order chi connectivity index (χ0) is 10.4. The minimum Gasteiger partial charge on any atom is -0.215 e. The smallest absolute Gasteiger partial charge is 0.214 e. The van der Waals surface area contributed by atoms with Crippen molar-refractivity contribution in [1.29, 1.82) is 0 Å². The summed E-state index contributed by atoms with van der Waals surface area (Å²) in [5.74, 6) is 0. The Kier molecular flexibility index (Phi) is 5.69. The quantitative estimate of drug-likeness (QED) is 0.460. The first-order valence-corrected chi connectivity index (χ1v) is 8.28. The van der Waals surface area contributed by atoms with Crippen LogP contribution in [0, 0.1) is 0 Å². The van der Waals surface area contributed by atoms with Crippen molar-refractivity contribution in [2.75, 3.05) is 11.0 Å². The average molecular weight is 331 g/mol. The van der Waals surface area contributed by atoms with Gasteiger partial charge in [0.05, 0.1) is 5.25 Å². The second kappa shape index (κ2) is 6.27. The van der Waals surface area contributed by atoms with Crippen LogP contribution in [-0.4, -0.2) is 24.6 Å². The fourth-order valence-corrected chi connectivity index (χ4v) is 3.91. The van der Waals surface area contributed by atoms with Crippen LogP contribution < -0.4 is 4.72 Å². The van der Waals surface area contributed by atoms with Gasteiger partial charge in [-0.3, -0.25) is 0 Å². The summed E-state index contributed by atoms with van der Waals surface area (Å²) in [6.07, 6.45) is 5.88. The Balaban J connectivity index is 2.26. The first-order valence-electron chi connectivity index (χ1n) is 5.21. The highest BCUT2D eigenvalue weighted by atomic mass is 127. The van der Waals surface area contributed by atoms with Gasteiger partial charge in [0.2, 0.25) is 10.0 Å². The molecule has 5 heteroatoms. The molecule has 0 radical (unpaired) electrons. The lowest BCUT2D eigenvalue weighted by Crippen LogP contribution is -2.33. The molecule has 0 atom stereocenters. The van der Waals surface area contributed by atoms with Crippen molar-refractivity contribution in [2.45, 2.75) is 43.8 Å². The van der Waals surface area contributed by atoms with Gasteiger partial charge in [-0.25, -0.2) is 13.1 Å². The van der Waals surface area contributed by atoms with Crippen molar-refractivity contribution >= 4 is 32.6 Å². The number of nitrogens with one attached hydrogen (secondary N) is 1. The van der Waals surface area contributed by atoms with Gasteiger partial charge in [-0.05, 0) is 30.1 Å². The molecular weight excluding hydrogens is 313 g/mol. The van der Waals surface area contributed by atoms with Gasteiger partial charge in [0.15, 0.2) is 0 Å². The molecule has 1 N–H and O–H groups in total. The summed E-state index contributed by atoms with van der Waals surface area (Å²) >= 11 is 2.31. The number of sulfonamides is 1. The van der Waals surface area contributed by atoms with E-state index >= 15 is 0 Å². The summed E-state index contributed by atoms with van der Waals surface area (Å²) in [6, 6.07) is 0. The molecule has 3 nitrogen and oxygen atoms in total. The maximum atomic E-state index is 11.7. The van der Waals surface area contributed by atoms with Crippen LogP contribution in [-0.2, 0) is 10.0 Å². The number of rotatable bonds is 6. The highest BCUT2D eigenvalue weighted by Crippen LogP contribution is 2.23. The fourth-order valence-electron chi connectivity index (χ4n) is 1.75. The normalized spacial score (nSPS) is 18.9. The van der Waals surface area contributed by atoms with Crippen molar-refractivity contribution < 1.29 is 8.42 Å². The van der Waals surface area contributed by atoms with Crippen molar-refractivity contribution in [1.82, 2.24) is 4.72 Å². The molecule has 0 heterocycles. The van der Waals surface area contributed by atoms with E-state index in [1.165, 1.54) is 0 Å². The Bertz CT molecular complexity index is 248. The van der Waals surface area contributed by atoms with Gasteiger partial charge in [0, 0.05) is 6.54 Å². The van der Waals surface area contributed by atoms with Gasteiger partial charge in [-0.1, -0.05) is 35.4 Å². The Morgan fingerprint density at radius 3 is 2.43 bits per heavy atom. The van der Waals surface area contributed by atoms with E-state index in [4.69, 9.17) is 0 Å². The standard InChI is InChI=1S/C9H18INO2S/c10-7-3-4-8-11-14(12,13)9-5-1-2-6-9/h9,11H,1-8H2. The number of unbranched alkanes of at least 4 members (excludes halogenated alkanes) is 1. The molecule has 1 rings (SSSR count). The second-order valence-corrected chi connectivity index (χ2v) is 6.87. The molecule has 0 spiro atoms. The zero-order valence-electron chi connectivity index (χ0n) is 8.34. The van der Waals surface area contributed by atoms with Crippen LogP contribution in [0.1, 0.15) is 38.5 Å². The number of halogens is 1. The zero-order valence-corrected chi connectivity index (χ0v) is 11.3. The maximum absolute atomic E-state index is 11.7. The Morgan fingerprint density at radius 1 is 1.21 bits per heavy atom. The molecular formula is C9H18INO2S. The van der Waals surface area contributed by atoms with Crippen LogP contribution in [0.2, 0.25) is 0 Å². The average Bonchev–Trinajstić information content (AvgIpc) is 2.65. The summed E-state index contributed by atoms with van der Waals surface area (Å²) in [5.41, 5.74) is 0. The lowest BCUT2D eigenvalue weighted by molar-refractivity contribution is 0.562. The molecule has 1 fully saturated rings. The van der Waals surface area contributed by atoms with Gasteiger partial charge in [-0.2, -0.15) is 0 Å². The van der Waals surface area contributed by atoms with Crippen LogP contribution in [0.3, 0.4) is 0 Å². The SMILES string of the molecule is O=S(=O)(NCCCCI)C1CCCC1. The van der Waals surface area contributed by atoms with E-state index in [0.29, 0.717) is 6.54 Å². The lowest BCUT2D eigenvalue weighted by atomic mass is 10.3. The van der Waals surface area contributed by atoms with Gasteiger partial charge in [0.1, 0.15) is 0 Å². The summed E-state index contributed by atoms with van der Waals surface area (Å²) < 4.78 is 27.2. The van der Waals surface area contributed by atoms with Gasteiger partial charge >= 0.3 is 0 Å². The molecule has 0 aromatic rings. The molecule has 0 unspecified atom stereocenters. The number of hydrogen-bond donors (Lipinski definition) is 1. The summed E-state index contributed by atoms with van der Waals surface area (Å²) in [5, 5.41) is -0.109. The van der Waals surface area contributed by atoms with E-state index in [1.54, 1.807) is 0 Å². The van der Waals surface area contributed by atoms with Crippen molar-refractivity contribution in [3.8, 4) is 0 Å². The van der Waals surface area contributed by atoms with Crippen LogP contribution in [0.5, 0.6) is 0 Å². The molecule has 1 aliphatic carbocycles. The third-order valence-corrected chi connectivity index (χ3v) is 5.32. The summed E-state index contributed by atoms with van der Waals surface area (Å²) in [7, 11) is -2.99. The molecule has 14 heavy (non-hydrogen) atoms. The topological polar surface area (TPSA) is 46.2 Å². The number of alkyl halides is 1. The predicted octanol–water partition coefficient (Wildman–Crippen LogP) is 2.06. The van der Waals surface area contributed by atoms with Gasteiger partial charge in [0.25, 0.3) is 0 Å². The van der Waals surface area contributed by atoms with E-state index in [9.17, 15) is 8.42 Å². The third kappa shape index (κ3) is 4.02. The number of hydrogen-bond acceptors (Lipinski definition) is 2. The summed E-state index contributed by atoms with van der Waals surface area (Å²) in [6.45, 7) is 0.613. The monoisotopic (exact) mass is 331 g/mol. The second-order valence-electron chi connectivity index (χ2n) is 3.74. The molecule has 1 saturated carbocycles. The molecule has 0 aromatic carbocycles. The fraction of sp³-hybridized carbons (Fsp3) is 1.00. The van der Waals surface area contributed by atoms with Gasteiger partial charge < -0.3 is 0 Å². The highest BCUT2D eigenvalue weighted by Gasteiger charge is 2.27. The van der Waals surface area contributed by atoms with E-state index in [0.717, 1.165) is 43.0 Å². The van der Waals surface area contributed by atoms with Crippen molar-refractivity contribution in [3.05, 3.63) is 0 Å². The molecule has 0 saturated heterocycles. The van der Waals surface area contributed by atoms with E-state index in [2.05, 4.69) is 27.3 Å². The lowest BCUT2D eigenvalue weighted by Gasteiger charge is -2.11. The minimum atomic E-state index is -2.99. The van der Waals surface area contributed by atoms with E-state index < -0.39 is 10.0 Å². The molecule has 0 bridgehead atoms. The molecule has 84 valence electrons. The maximum Gasteiger partial charge on any atom is 0.214 e. The van der Waals surface area contributed by atoms with Gasteiger partial charge in [-0.15, -0.1) is 0 Å². The summed E-state index contributed by atoms with van der Waals surface area (Å²) in [4.78, 5) is 0. The largest absolute Gasteiger partial charge is 0.215 e. The highest BCUT2D eigenvalue weighted by molar-refractivity contribution is 14.1. The molecule has 0 aliphatic heterocycles. The van der Waals surface area contributed by atoms with Crippen LogP contribution in [0.15, 0.2) is 0 Å². The van der Waals surface area contributed by atoms with E-state index in [1.807, 2.05) is 0 Å². The van der Waals surface area contributed by atoms with Crippen LogP contribution >= 0.6 is 22.6 Å². The first kappa shape index (κ1) is 12.7. The van der Waals surface area contributed by atoms with Crippen LogP contribution in [0.4, 0.5) is 0 Å². The Hall–Kier alpha value is 0.640. The molecule has 0 aromatic heterocycles. The van der Waals surface area contributed by atoms with E-state index in [-0.39, 0.29) is 5.25 Å².